The number of carbonyl (C=O) groups is 1. The predicted octanol–water partition coefficient (Wildman–Crippen LogP) is 2.58. The molecule has 2 rings (SSSR count). The summed E-state index contributed by atoms with van der Waals surface area (Å²) in [6.45, 7) is 1.41. The highest BCUT2D eigenvalue weighted by atomic mass is 35.5. The fourth-order valence-electron chi connectivity index (χ4n) is 1.40. The van der Waals surface area contributed by atoms with Crippen molar-refractivity contribution in [2.75, 3.05) is 0 Å². The van der Waals surface area contributed by atoms with Gasteiger partial charge in [0, 0.05) is 5.56 Å². The van der Waals surface area contributed by atoms with Gasteiger partial charge in [0.25, 0.3) is 5.88 Å². The molecule has 6 heteroatoms. The molecule has 18 heavy (non-hydrogen) atoms. The fourth-order valence-corrected chi connectivity index (χ4v) is 1.64. The molecule has 0 spiro atoms. The minimum Gasteiger partial charge on any atom is -0.479 e. The van der Waals surface area contributed by atoms with E-state index in [1.54, 1.807) is 0 Å². The summed E-state index contributed by atoms with van der Waals surface area (Å²) in [5.41, 5.74) is 1.46. The minimum absolute atomic E-state index is 0.0884. The third kappa shape index (κ3) is 2.46. The van der Waals surface area contributed by atoms with Crippen LogP contribution in [0.4, 0.5) is 0 Å². The lowest BCUT2D eigenvalue weighted by Gasteiger charge is -2.07. The quantitative estimate of drug-likeness (QED) is 0.892. The molecule has 0 saturated heterocycles. The van der Waals surface area contributed by atoms with Crippen LogP contribution < -0.4 is 4.74 Å². The summed E-state index contributed by atoms with van der Waals surface area (Å²) < 4.78 is 5.13. The first-order valence-corrected chi connectivity index (χ1v) is 5.66. The van der Waals surface area contributed by atoms with E-state index in [1.165, 1.54) is 6.92 Å². The molecule has 0 aliphatic carbocycles. The molecule has 0 fully saturated rings. The average molecular weight is 267 g/mol. The number of aromatic amines is 1. The molecule has 5 nitrogen and oxygen atoms in total. The molecule has 1 atom stereocenters. The molecule has 1 unspecified atom stereocenters. The van der Waals surface area contributed by atoms with Gasteiger partial charge in [0.05, 0.1) is 5.69 Å². The normalized spacial score (nSPS) is 12.1. The van der Waals surface area contributed by atoms with E-state index in [0.29, 0.717) is 5.69 Å². The van der Waals surface area contributed by atoms with Crippen LogP contribution in [0.2, 0.25) is 5.02 Å². The number of rotatable bonds is 4. The van der Waals surface area contributed by atoms with E-state index in [-0.39, 0.29) is 10.9 Å². The van der Waals surface area contributed by atoms with Crippen LogP contribution in [0.5, 0.6) is 5.88 Å². The van der Waals surface area contributed by atoms with Crippen molar-refractivity contribution in [1.29, 1.82) is 0 Å². The number of ether oxygens (including phenoxy) is 1. The van der Waals surface area contributed by atoms with E-state index in [1.807, 2.05) is 30.3 Å². The Hall–Kier alpha value is -2.01. The number of halogens is 1. The number of nitrogens with zero attached hydrogens (tertiary/aromatic N) is 1. The van der Waals surface area contributed by atoms with E-state index in [4.69, 9.17) is 21.4 Å². The molecular formula is C12H11ClN2O3. The smallest absolute Gasteiger partial charge is 0.344 e. The van der Waals surface area contributed by atoms with Gasteiger partial charge in [-0.1, -0.05) is 41.9 Å². The van der Waals surface area contributed by atoms with Gasteiger partial charge in [0.15, 0.2) is 6.10 Å². The summed E-state index contributed by atoms with van der Waals surface area (Å²) in [5.74, 6) is -0.985. The van der Waals surface area contributed by atoms with Gasteiger partial charge >= 0.3 is 5.97 Å². The molecule has 1 heterocycles. The van der Waals surface area contributed by atoms with Crippen LogP contribution in [0.15, 0.2) is 30.3 Å². The monoisotopic (exact) mass is 266 g/mol. The summed E-state index contributed by atoms with van der Waals surface area (Å²) in [5, 5.41) is 15.6. The van der Waals surface area contributed by atoms with Gasteiger partial charge in [-0.05, 0) is 6.92 Å². The van der Waals surface area contributed by atoms with Crippen molar-refractivity contribution in [2.24, 2.45) is 0 Å². The summed E-state index contributed by atoms with van der Waals surface area (Å²) >= 11 is 6.10. The van der Waals surface area contributed by atoms with E-state index in [0.717, 1.165) is 5.56 Å². The molecule has 1 aromatic carbocycles. The molecule has 0 radical (unpaired) electrons. The molecule has 2 N–H and O–H groups in total. The van der Waals surface area contributed by atoms with Crippen molar-refractivity contribution in [3.63, 3.8) is 0 Å². The van der Waals surface area contributed by atoms with Crippen LogP contribution in [0.25, 0.3) is 11.3 Å². The summed E-state index contributed by atoms with van der Waals surface area (Å²) in [7, 11) is 0. The van der Waals surface area contributed by atoms with Crippen LogP contribution in [0.3, 0.4) is 0 Å². The van der Waals surface area contributed by atoms with Crippen LogP contribution in [-0.2, 0) is 4.79 Å². The maximum atomic E-state index is 10.7. The van der Waals surface area contributed by atoms with Gasteiger partial charge in [0.1, 0.15) is 5.02 Å². The van der Waals surface area contributed by atoms with Gasteiger partial charge in [-0.25, -0.2) is 4.79 Å². The van der Waals surface area contributed by atoms with Crippen molar-refractivity contribution in [1.82, 2.24) is 10.2 Å². The molecular weight excluding hydrogens is 256 g/mol. The number of aliphatic carboxylic acids is 1. The maximum Gasteiger partial charge on any atom is 0.344 e. The number of carboxylic acid groups (broad SMARTS) is 1. The van der Waals surface area contributed by atoms with Crippen LogP contribution >= 0.6 is 11.6 Å². The summed E-state index contributed by atoms with van der Waals surface area (Å²) in [6, 6.07) is 9.35. The zero-order valence-electron chi connectivity index (χ0n) is 9.55. The number of H-pyrrole nitrogens is 1. The molecule has 0 aliphatic heterocycles. The molecule has 0 amide bonds. The molecule has 94 valence electrons. The van der Waals surface area contributed by atoms with Gasteiger partial charge in [-0.3, -0.25) is 5.10 Å². The van der Waals surface area contributed by atoms with Crippen molar-refractivity contribution in [3.05, 3.63) is 35.4 Å². The Morgan fingerprint density at radius 2 is 2.11 bits per heavy atom. The van der Waals surface area contributed by atoms with Gasteiger partial charge in [-0.15, -0.1) is 5.10 Å². The van der Waals surface area contributed by atoms with Crippen LogP contribution in [-0.4, -0.2) is 27.4 Å². The number of aromatic nitrogens is 2. The average Bonchev–Trinajstić information content (AvgIpc) is 2.72. The highest BCUT2D eigenvalue weighted by Gasteiger charge is 2.19. The fraction of sp³-hybridized carbons (Fsp3) is 0.167. The van der Waals surface area contributed by atoms with E-state index in [9.17, 15) is 4.79 Å². The summed E-state index contributed by atoms with van der Waals surface area (Å²) in [6.07, 6.45) is -1.01. The Kier molecular flexibility index (Phi) is 3.53. The molecule has 0 aliphatic rings. The lowest BCUT2D eigenvalue weighted by atomic mass is 10.1. The first kappa shape index (κ1) is 12.4. The number of carboxylic acids is 1. The lowest BCUT2D eigenvalue weighted by molar-refractivity contribution is -0.144. The Labute approximate surface area is 108 Å². The maximum absolute atomic E-state index is 10.7. The number of hydrogen-bond acceptors (Lipinski definition) is 3. The van der Waals surface area contributed by atoms with Crippen molar-refractivity contribution in [2.45, 2.75) is 13.0 Å². The van der Waals surface area contributed by atoms with Gasteiger partial charge in [-0.2, -0.15) is 0 Å². The molecule has 2 aromatic rings. The Morgan fingerprint density at radius 1 is 1.44 bits per heavy atom. The second kappa shape index (κ2) is 5.10. The van der Waals surface area contributed by atoms with Crippen molar-refractivity contribution in [3.8, 4) is 17.1 Å². The number of benzene rings is 1. The molecule has 1 aromatic heterocycles. The second-order valence-corrected chi connectivity index (χ2v) is 4.06. The zero-order chi connectivity index (χ0) is 13.1. The van der Waals surface area contributed by atoms with E-state index < -0.39 is 12.1 Å². The van der Waals surface area contributed by atoms with Crippen molar-refractivity contribution < 1.29 is 14.6 Å². The third-order valence-electron chi connectivity index (χ3n) is 2.38. The Balaban J connectivity index is 2.27. The Morgan fingerprint density at radius 3 is 2.72 bits per heavy atom. The van der Waals surface area contributed by atoms with Crippen molar-refractivity contribution >= 4 is 17.6 Å². The zero-order valence-corrected chi connectivity index (χ0v) is 10.3. The second-order valence-electron chi connectivity index (χ2n) is 3.68. The molecule has 0 bridgehead atoms. The third-order valence-corrected chi connectivity index (χ3v) is 2.73. The van der Waals surface area contributed by atoms with E-state index in [2.05, 4.69) is 10.2 Å². The predicted molar refractivity (Wildman–Crippen MR) is 66.8 cm³/mol. The van der Waals surface area contributed by atoms with Crippen LogP contribution in [0.1, 0.15) is 6.92 Å². The van der Waals surface area contributed by atoms with Gasteiger partial charge in [0.2, 0.25) is 0 Å². The standard InChI is InChI=1S/C12H11ClN2O3/c1-7(12(16)17)18-11-9(13)10(14-15-11)8-5-3-2-4-6-8/h2-7H,1H3,(H,14,15)(H,16,17). The van der Waals surface area contributed by atoms with Gasteiger partial charge < -0.3 is 9.84 Å². The number of nitrogens with one attached hydrogen (secondary N) is 1. The highest BCUT2D eigenvalue weighted by molar-refractivity contribution is 6.34. The minimum atomic E-state index is -1.07. The SMILES string of the molecule is CC(Oc1n[nH]c(-c2ccccc2)c1Cl)C(=O)O. The largest absolute Gasteiger partial charge is 0.479 e. The topological polar surface area (TPSA) is 75.2 Å². The van der Waals surface area contributed by atoms with E-state index >= 15 is 0 Å². The first-order valence-electron chi connectivity index (χ1n) is 5.28. The first-order chi connectivity index (χ1) is 8.59. The summed E-state index contributed by atoms with van der Waals surface area (Å²) in [4.78, 5) is 10.7. The lowest BCUT2D eigenvalue weighted by Crippen LogP contribution is -2.23. The van der Waals surface area contributed by atoms with Crippen LogP contribution in [0, 0.1) is 0 Å². The highest BCUT2D eigenvalue weighted by Crippen LogP contribution is 2.33. The number of hydrogen-bond donors (Lipinski definition) is 2. The molecule has 0 saturated carbocycles. The Bertz CT molecular complexity index is 554.